The minimum absolute atomic E-state index is 0.113. The van der Waals surface area contributed by atoms with E-state index in [9.17, 15) is 8.78 Å². The van der Waals surface area contributed by atoms with Crippen LogP contribution in [0.5, 0.6) is 0 Å². The second kappa shape index (κ2) is 6.46. The molecular formula is C30H15F3. The minimum Gasteiger partial charge on any atom is -0.204 e. The van der Waals surface area contributed by atoms with Crippen molar-refractivity contribution in [2.75, 3.05) is 0 Å². The normalized spacial score (nSPS) is 12.1. The lowest BCUT2D eigenvalue weighted by Crippen LogP contribution is -1.94. The van der Waals surface area contributed by atoms with Gasteiger partial charge in [0.05, 0.1) is 0 Å². The van der Waals surface area contributed by atoms with E-state index in [4.69, 9.17) is 0 Å². The molecular weight excluding hydrogens is 417 g/mol. The van der Waals surface area contributed by atoms with Gasteiger partial charge in [-0.3, -0.25) is 0 Å². The van der Waals surface area contributed by atoms with Crippen molar-refractivity contribution < 1.29 is 13.2 Å². The predicted octanol–water partition coefficient (Wildman–Crippen LogP) is 9.02. The Balaban J connectivity index is 1.88. The highest BCUT2D eigenvalue weighted by molar-refractivity contribution is 6.35. The number of halogens is 3. The zero-order valence-corrected chi connectivity index (χ0v) is 17.3. The Kier molecular flexibility index (Phi) is 3.61. The number of benzene rings is 7. The van der Waals surface area contributed by atoms with E-state index < -0.39 is 17.5 Å². The SMILES string of the molecule is Fc1cc2ccc3ccc4ccc5ccc6ccc7ccccc7c6c5c4c3c2c(F)c1F. The molecule has 0 saturated carbocycles. The number of hydrogen-bond donors (Lipinski definition) is 0. The van der Waals surface area contributed by atoms with Crippen LogP contribution >= 0.6 is 0 Å². The van der Waals surface area contributed by atoms with Crippen LogP contribution in [0.15, 0.2) is 91.0 Å². The molecule has 0 nitrogen and oxygen atoms in total. The van der Waals surface area contributed by atoms with Gasteiger partial charge >= 0.3 is 0 Å². The fourth-order valence-corrected chi connectivity index (χ4v) is 5.33. The summed E-state index contributed by atoms with van der Waals surface area (Å²) in [6.45, 7) is 0. The van der Waals surface area contributed by atoms with Gasteiger partial charge in [-0.1, -0.05) is 84.9 Å². The molecule has 0 aliphatic carbocycles. The summed E-state index contributed by atoms with van der Waals surface area (Å²) in [4.78, 5) is 0. The van der Waals surface area contributed by atoms with Gasteiger partial charge in [0.25, 0.3) is 0 Å². The van der Waals surface area contributed by atoms with Gasteiger partial charge in [0.2, 0.25) is 0 Å². The van der Waals surface area contributed by atoms with Crippen molar-refractivity contribution >= 4 is 64.6 Å². The van der Waals surface area contributed by atoms with Crippen LogP contribution in [0, 0.1) is 17.5 Å². The smallest absolute Gasteiger partial charge is 0.195 e. The Hall–Kier alpha value is -4.11. The lowest BCUT2D eigenvalue weighted by molar-refractivity contribution is 0.454. The molecule has 0 aromatic heterocycles. The topological polar surface area (TPSA) is 0 Å². The Labute approximate surface area is 186 Å². The highest BCUT2D eigenvalue weighted by Gasteiger charge is 2.19. The second-order valence-electron chi connectivity index (χ2n) is 8.53. The average molecular weight is 432 g/mol. The van der Waals surface area contributed by atoms with Crippen molar-refractivity contribution in [3.8, 4) is 0 Å². The summed E-state index contributed by atoms with van der Waals surface area (Å²) in [6.07, 6.45) is 0. The molecule has 0 amide bonds. The molecule has 0 N–H and O–H groups in total. The van der Waals surface area contributed by atoms with Crippen LogP contribution in [-0.4, -0.2) is 0 Å². The Morgan fingerprint density at radius 1 is 0.364 bits per heavy atom. The van der Waals surface area contributed by atoms with Crippen LogP contribution in [0.1, 0.15) is 0 Å². The predicted molar refractivity (Wildman–Crippen MR) is 131 cm³/mol. The van der Waals surface area contributed by atoms with Gasteiger partial charge in [0, 0.05) is 10.8 Å². The molecule has 0 saturated heterocycles. The van der Waals surface area contributed by atoms with E-state index in [-0.39, 0.29) is 5.39 Å². The zero-order chi connectivity index (χ0) is 22.3. The summed E-state index contributed by atoms with van der Waals surface area (Å²) < 4.78 is 43.7. The van der Waals surface area contributed by atoms with Crippen LogP contribution in [0.4, 0.5) is 13.2 Å². The van der Waals surface area contributed by atoms with E-state index in [1.165, 1.54) is 0 Å². The summed E-state index contributed by atoms with van der Waals surface area (Å²) in [6, 6.07) is 29.1. The first-order valence-electron chi connectivity index (χ1n) is 10.8. The number of fused-ring (bicyclic) bond motifs is 11. The highest BCUT2D eigenvalue weighted by Crippen LogP contribution is 2.42. The summed E-state index contributed by atoms with van der Waals surface area (Å²) in [7, 11) is 0. The third kappa shape index (κ3) is 2.42. The van der Waals surface area contributed by atoms with E-state index >= 15 is 4.39 Å². The summed E-state index contributed by atoms with van der Waals surface area (Å²) in [5, 5.41) is 9.97. The van der Waals surface area contributed by atoms with Crippen LogP contribution in [0.25, 0.3) is 64.6 Å². The maximum atomic E-state index is 15.3. The molecule has 7 aromatic rings. The molecule has 0 radical (unpaired) electrons. The lowest BCUT2D eigenvalue weighted by Gasteiger charge is -2.15. The van der Waals surface area contributed by atoms with Crippen LogP contribution in [0.3, 0.4) is 0 Å². The third-order valence-electron chi connectivity index (χ3n) is 6.79. The third-order valence-corrected chi connectivity index (χ3v) is 6.79. The molecule has 7 aromatic carbocycles. The van der Waals surface area contributed by atoms with Gasteiger partial charge < -0.3 is 0 Å². The lowest BCUT2D eigenvalue weighted by atomic mass is 9.89. The monoisotopic (exact) mass is 432 g/mol. The number of hydrogen-bond acceptors (Lipinski definition) is 0. The van der Waals surface area contributed by atoms with Gasteiger partial charge in [0.15, 0.2) is 17.5 Å². The van der Waals surface area contributed by atoms with Gasteiger partial charge in [-0.2, -0.15) is 0 Å². The minimum atomic E-state index is -1.44. The average Bonchev–Trinajstić information content (AvgIpc) is 2.85. The first-order chi connectivity index (χ1) is 16.1. The van der Waals surface area contributed by atoms with Crippen LogP contribution in [-0.2, 0) is 0 Å². The highest BCUT2D eigenvalue weighted by atomic mass is 19.2. The Morgan fingerprint density at radius 2 is 0.818 bits per heavy atom. The van der Waals surface area contributed by atoms with Crippen LogP contribution < -0.4 is 0 Å². The van der Waals surface area contributed by atoms with Crippen molar-refractivity contribution in [1.29, 1.82) is 0 Å². The first-order valence-corrected chi connectivity index (χ1v) is 10.8. The van der Waals surface area contributed by atoms with Crippen molar-refractivity contribution in [1.82, 2.24) is 0 Å². The maximum Gasteiger partial charge on any atom is 0.195 e. The molecule has 0 fully saturated rings. The molecule has 0 heterocycles. The summed E-state index contributed by atoms with van der Waals surface area (Å²) in [5.41, 5.74) is 0. The number of rotatable bonds is 0. The molecule has 3 heteroatoms. The maximum absolute atomic E-state index is 15.3. The second-order valence-corrected chi connectivity index (χ2v) is 8.53. The fraction of sp³-hybridized carbons (Fsp3) is 0. The van der Waals surface area contributed by atoms with Crippen LogP contribution in [0.2, 0.25) is 0 Å². The quantitative estimate of drug-likeness (QED) is 0.166. The molecule has 0 spiro atoms. The molecule has 0 aliphatic heterocycles. The van der Waals surface area contributed by atoms with E-state index in [1.54, 1.807) is 6.07 Å². The Morgan fingerprint density at radius 3 is 1.45 bits per heavy atom. The largest absolute Gasteiger partial charge is 0.204 e. The molecule has 0 atom stereocenters. The van der Waals surface area contributed by atoms with Gasteiger partial charge in [-0.15, -0.1) is 0 Å². The fourth-order valence-electron chi connectivity index (χ4n) is 5.33. The first kappa shape index (κ1) is 18.5. The van der Waals surface area contributed by atoms with E-state index in [0.717, 1.165) is 54.5 Å². The van der Waals surface area contributed by atoms with Crippen molar-refractivity contribution in [2.24, 2.45) is 0 Å². The molecule has 33 heavy (non-hydrogen) atoms. The standard InChI is InChI=1S/C30H15F3/c31-23-15-21-14-13-20-12-11-19-10-9-18-8-7-17-6-5-16-3-1-2-4-22(16)24(17)25(18)26(19)27(20)28(21)30(33)29(23)32/h1-15H. The van der Waals surface area contributed by atoms with Gasteiger partial charge in [-0.05, 0) is 59.9 Å². The molecule has 7 rings (SSSR count). The van der Waals surface area contributed by atoms with E-state index in [2.05, 4.69) is 42.5 Å². The molecule has 0 bridgehead atoms. The van der Waals surface area contributed by atoms with Crippen molar-refractivity contribution in [3.63, 3.8) is 0 Å². The summed E-state index contributed by atoms with van der Waals surface area (Å²) in [5.74, 6) is -3.77. The van der Waals surface area contributed by atoms with Crippen molar-refractivity contribution in [3.05, 3.63) is 108 Å². The molecule has 0 unspecified atom stereocenters. The van der Waals surface area contributed by atoms with Gasteiger partial charge in [0.1, 0.15) is 0 Å². The van der Waals surface area contributed by atoms with E-state index in [1.807, 2.05) is 36.4 Å². The van der Waals surface area contributed by atoms with Gasteiger partial charge in [-0.25, -0.2) is 13.2 Å². The van der Waals surface area contributed by atoms with Crippen molar-refractivity contribution in [2.45, 2.75) is 0 Å². The Bertz CT molecular complexity index is 1940. The zero-order valence-electron chi connectivity index (χ0n) is 17.3. The molecule has 156 valence electrons. The summed E-state index contributed by atoms with van der Waals surface area (Å²) >= 11 is 0. The van der Waals surface area contributed by atoms with E-state index in [0.29, 0.717) is 10.8 Å². The molecule has 0 aliphatic rings.